The van der Waals surface area contributed by atoms with Gasteiger partial charge in [-0.25, -0.2) is 0 Å². The van der Waals surface area contributed by atoms with Crippen molar-refractivity contribution in [2.45, 2.75) is 31.9 Å². The van der Waals surface area contributed by atoms with Gasteiger partial charge in [0, 0.05) is 30.0 Å². The molecule has 2 heterocycles. The molecule has 2 aromatic carbocycles. The maximum absolute atomic E-state index is 12.5. The fraction of sp³-hybridized carbons (Fsp3) is 0.318. The second kappa shape index (κ2) is 8.61. The van der Waals surface area contributed by atoms with Crippen molar-refractivity contribution in [1.29, 1.82) is 0 Å². The lowest BCUT2D eigenvalue weighted by atomic mass is 10.1. The number of anilines is 1. The Bertz CT molecular complexity index is 952. The first kappa shape index (κ1) is 18.7. The Labute approximate surface area is 169 Å². The first-order valence-electron chi connectivity index (χ1n) is 9.62. The van der Waals surface area contributed by atoms with E-state index >= 15 is 0 Å². The molecule has 0 saturated heterocycles. The van der Waals surface area contributed by atoms with Gasteiger partial charge in [0.25, 0.3) is 0 Å². The van der Waals surface area contributed by atoms with Crippen LogP contribution < -0.4 is 4.90 Å². The van der Waals surface area contributed by atoms with Gasteiger partial charge in [0.1, 0.15) is 0 Å². The molecule has 5 nitrogen and oxygen atoms in total. The van der Waals surface area contributed by atoms with Crippen LogP contribution in [0.1, 0.15) is 30.4 Å². The van der Waals surface area contributed by atoms with E-state index in [1.165, 1.54) is 11.1 Å². The topological polar surface area (TPSA) is 59.2 Å². The number of amides is 1. The molecule has 0 fully saturated rings. The van der Waals surface area contributed by atoms with E-state index in [2.05, 4.69) is 35.3 Å². The van der Waals surface area contributed by atoms with Gasteiger partial charge < -0.3 is 9.42 Å². The minimum atomic E-state index is 0.180. The van der Waals surface area contributed by atoms with E-state index < -0.39 is 0 Å². The summed E-state index contributed by atoms with van der Waals surface area (Å²) in [5, 5.41) is 4.07. The molecule has 6 heteroatoms. The van der Waals surface area contributed by atoms with Crippen molar-refractivity contribution >= 4 is 23.4 Å². The summed E-state index contributed by atoms with van der Waals surface area (Å²) in [6.07, 6.45) is 2.47. The summed E-state index contributed by atoms with van der Waals surface area (Å²) in [5.74, 6) is 2.74. The molecular formula is C22H23N3O2S. The number of para-hydroxylation sites is 1. The Morgan fingerprint density at radius 2 is 2.00 bits per heavy atom. The highest BCUT2D eigenvalue weighted by Gasteiger charge is 2.23. The lowest BCUT2D eigenvalue weighted by Gasteiger charge is -2.16. The summed E-state index contributed by atoms with van der Waals surface area (Å²) in [5.41, 5.74) is 4.57. The number of nitrogens with zero attached hydrogens (tertiary/aromatic N) is 3. The van der Waals surface area contributed by atoms with Crippen molar-refractivity contribution in [3.05, 3.63) is 65.5 Å². The molecule has 0 saturated carbocycles. The second-order valence-electron chi connectivity index (χ2n) is 6.79. The molecule has 1 aliphatic rings. The normalized spacial score (nSPS) is 13.0. The van der Waals surface area contributed by atoms with Crippen molar-refractivity contribution < 1.29 is 9.32 Å². The summed E-state index contributed by atoms with van der Waals surface area (Å²) in [4.78, 5) is 18.9. The number of benzene rings is 2. The number of hydrogen-bond acceptors (Lipinski definition) is 5. The van der Waals surface area contributed by atoms with E-state index in [1.807, 2.05) is 35.2 Å². The number of carbonyl (C=O) groups excluding carboxylic acids is 1. The largest absolute Gasteiger partial charge is 0.338 e. The third-order valence-corrected chi connectivity index (χ3v) is 5.91. The highest BCUT2D eigenvalue weighted by molar-refractivity contribution is 7.98. The van der Waals surface area contributed by atoms with Crippen LogP contribution in [0.4, 0.5) is 5.69 Å². The van der Waals surface area contributed by atoms with Gasteiger partial charge in [0.2, 0.25) is 17.6 Å². The molecule has 0 unspecified atom stereocenters. The van der Waals surface area contributed by atoms with Gasteiger partial charge in [0.05, 0.1) is 5.75 Å². The zero-order chi connectivity index (χ0) is 19.3. The minimum Gasteiger partial charge on any atom is -0.338 e. The molecule has 0 N–H and O–H groups in total. The molecule has 1 aromatic heterocycles. The summed E-state index contributed by atoms with van der Waals surface area (Å²) >= 11 is 1.65. The molecule has 1 aliphatic heterocycles. The van der Waals surface area contributed by atoms with Crippen LogP contribution in [0.5, 0.6) is 0 Å². The molecule has 28 heavy (non-hydrogen) atoms. The number of rotatable bonds is 7. The first-order chi connectivity index (χ1) is 13.7. The molecule has 0 bridgehead atoms. The quantitative estimate of drug-likeness (QED) is 0.553. The smallest absolute Gasteiger partial charge is 0.236 e. The molecule has 0 atom stereocenters. The summed E-state index contributed by atoms with van der Waals surface area (Å²) in [7, 11) is 0. The Morgan fingerprint density at radius 1 is 1.18 bits per heavy atom. The van der Waals surface area contributed by atoms with Gasteiger partial charge in [-0.15, -0.1) is 0 Å². The fourth-order valence-electron chi connectivity index (χ4n) is 3.37. The maximum Gasteiger partial charge on any atom is 0.236 e. The van der Waals surface area contributed by atoms with Crippen molar-refractivity contribution in [3.8, 4) is 11.4 Å². The molecule has 3 aromatic rings. The predicted octanol–water partition coefficient (Wildman–Crippen LogP) is 4.51. The zero-order valence-corrected chi connectivity index (χ0v) is 16.7. The summed E-state index contributed by atoms with van der Waals surface area (Å²) in [6.45, 7) is 2.92. The Balaban J connectivity index is 1.26. The van der Waals surface area contributed by atoms with Crippen LogP contribution in [-0.4, -0.2) is 28.3 Å². The average Bonchev–Trinajstić information content (AvgIpc) is 3.38. The maximum atomic E-state index is 12.5. The van der Waals surface area contributed by atoms with E-state index in [4.69, 9.17) is 4.52 Å². The third kappa shape index (κ3) is 4.12. The number of aryl methyl sites for hydroxylation is 1. The van der Waals surface area contributed by atoms with Gasteiger partial charge in [-0.1, -0.05) is 54.5 Å². The number of aromatic nitrogens is 2. The number of hydrogen-bond donors (Lipinski definition) is 0. The SMILES string of the molecule is CCc1ccc(-c2noc(CSCCC(=O)N3CCc4ccccc43)n2)cc1. The van der Waals surface area contributed by atoms with Crippen LogP contribution in [0.15, 0.2) is 53.1 Å². The zero-order valence-electron chi connectivity index (χ0n) is 15.9. The molecule has 144 valence electrons. The predicted molar refractivity (Wildman–Crippen MR) is 112 cm³/mol. The van der Waals surface area contributed by atoms with E-state index in [0.717, 1.165) is 36.4 Å². The molecule has 1 amide bonds. The molecule has 0 spiro atoms. The number of carbonyl (C=O) groups is 1. The summed E-state index contributed by atoms with van der Waals surface area (Å²) < 4.78 is 5.35. The highest BCUT2D eigenvalue weighted by atomic mass is 32.2. The Morgan fingerprint density at radius 3 is 2.82 bits per heavy atom. The van der Waals surface area contributed by atoms with Crippen LogP contribution in [0.25, 0.3) is 11.4 Å². The highest BCUT2D eigenvalue weighted by Crippen LogP contribution is 2.28. The van der Waals surface area contributed by atoms with E-state index in [1.54, 1.807) is 11.8 Å². The average molecular weight is 394 g/mol. The first-order valence-corrected chi connectivity index (χ1v) is 10.8. The number of fused-ring (bicyclic) bond motifs is 1. The van der Waals surface area contributed by atoms with Crippen molar-refractivity contribution in [2.75, 3.05) is 17.2 Å². The number of thioether (sulfide) groups is 1. The van der Waals surface area contributed by atoms with E-state index in [-0.39, 0.29) is 5.91 Å². The molecule has 0 aliphatic carbocycles. The standard InChI is InChI=1S/C22H23N3O2S/c1-2-16-7-9-18(10-8-16)22-23-20(27-24-22)15-28-14-12-21(26)25-13-11-17-5-3-4-6-19(17)25/h3-10H,2,11-15H2,1H3. The van der Waals surface area contributed by atoms with Gasteiger partial charge in [-0.2, -0.15) is 16.7 Å². The van der Waals surface area contributed by atoms with E-state index in [9.17, 15) is 4.79 Å². The second-order valence-corrected chi connectivity index (χ2v) is 7.89. The monoisotopic (exact) mass is 393 g/mol. The van der Waals surface area contributed by atoms with Gasteiger partial charge in [-0.05, 0) is 30.0 Å². The fourth-order valence-corrected chi connectivity index (χ4v) is 4.13. The minimum absolute atomic E-state index is 0.180. The van der Waals surface area contributed by atoms with Crippen LogP contribution >= 0.6 is 11.8 Å². The van der Waals surface area contributed by atoms with Gasteiger partial charge in [0.15, 0.2) is 0 Å². The van der Waals surface area contributed by atoms with Crippen LogP contribution in [0.2, 0.25) is 0 Å². The third-order valence-electron chi connectivity index (χ3n) is 4.96. The summed E-state index contributed by atoms with van der Waals surface area (Å²) in [6, 6.07) is 16.4. The Hall–Kier alpha value is -2.60. The lowest BCUT2D eigenvalue weighted by molar-refractivity contribution is -0.118. The van der Waals surface area contributed by atoms with Crippen LogP contribution in [-0.2, 0) is 23.4 Å². The Kier molecular flexibility index (Phi) is 5.76. The van der Waals surface area contributed by atoms with Crippen molar-refractivity contribution in [2.24, 2.45) is 0 Å². The molecule has 4 rings (SSSR count). The van der Waals surface area contributed by atoms with Crippen LogP contribution in [0.3, 0.4) is 0 Å². The van der Waals surface area contributed by atoms with Crippen molar-refractivity contribution in [3.63, 3.8) is 0 Å². The van der Waals surface area contributed by atoms with Crippen molar-refractivity contribution in [1.82, 2.24) is 10.1 Å². The molecule has 0 radical (unpaired) electrons. The van der Waals surface area contributed by atoms with Gasteiger partial charge in [-0.3, -0.25) is 4.79 Å². The van der Waals surface area contributed by atoms with Gasteiger partial charge >= 0.3 is 0 Å². The van der Waals surface area contributed by atoms with Crippen LogP contribution in [0, 0.1) is 0 Å². The molecular weight excluding hydrogens is 370 g/mol. The van der Waals surface area contributed by atoms with E-state index in [0.29, 0.717) is 23.9 Å². The lowest BCUT2D eigenvalue weighted by Crippen LogP contribution is -2.29.